The zero-order valence-corrected chi connectivity index (χ0v) is 14.0. The summed E-state index contributed by atoms with van der Waals surface area (Å²) in [4.78, 5) is 16.3. The Balaban J connectivity index is 2.40. The van der Waals surface area contributed by atoms with Crippen LogP contribution >= 0.6 is 0 Å². The smallest absolute Gasteiger partial charge is 0.317 e. The summed E-state index contributed by atoms with van der Waals surface area (Å²) < 4.78 is 0. The van der Waals surface area contributed by atoms with Crippen molar-refractivity contribution in [2.24, 2.45) is 0 Å². The minimum Gasteiger partial charge on any atom is -0.389 e. The number of nitrogens with one attached hydrogen (secondary N) is 1. The fourth-order valence-electron chi connectivity index (χ4n) is 2.68. The molecule has 2 amide bonds. The number of carbonyl (C=O) groups is 1. The first-order valence-electron chi connectivity index (χ1n) is 7.86. The molecular weight excluding hydrogens is 266 g/mol. The number of likely N-dealkylation sites (N-methyl/N-ethyl adjacent to an activating group) is 1. The molecule has 122 valence electrons. The molecule has 0 unspecified atom stereocenters. The number of nitrogens with zero attached hydrogens (tertiary/aromatic N) is 2. The van der Waals surface area contributed by atoms with Crippen LogP contribution in [-0.2, 0) is 0 Å². The summed E-state index contributed by atoms with van der Waals surface area (Å²) in [5.74, 6) is 0. The van der Waals surface area contributed by atoms with E-state index in [-0.39, 0.29) is 12.1 Å². The summed E-state index contributed by atoms with van der Waals surface area (Å²) in [6, 6.07) is 0.160. The van der Waals surface area contributed by atoms with Gasteiger partial charge in [-0.3, -0.25) is 4.90 Å². The quantitative estimate of drug-likeness (QED) is 0.735. The monoisotopic (exact) mass is 297 g/mol. The molecule has 1 fully saturated rings. The first kappa shape index (κ1) is 18.0. The highest BCUT2D eigenvalue weighted by Gasteiger charge is 2.25. The highest BCUT2D eigenvalue weighted by atomic mass is 16.3. The maximum absolute atomic E-state index is 12.3. The van der Waals surface area contributed by atoms with Crippen LogP contribution in [0.5, 0.6) is 0 Å². The molecular formula is C16H31N3O2. The largest absolute Gasteiger partial charge is 0.389 e. The molecule has 0 bridgehead atoms. The Morgan fingerprint density at radius 1 is 1.43 bits per heavy atom. The zero-order valence-electron chi connectivity index (χ0n) is 14.0. The molecule has 1 heterocycles. The third-order valence-electron chi connectivity index (χ3n) is 3.66. The van der Waals surface area contributed by atoms with Crippen molar-refractivity contribution in [3.05, 3.63) is 12.2 Å². The van der Waals surface area contributed by atoms with Crippen LogP contribution in [0.1, 0.15) is 40.5 Å². The average molecular weight is 297 g/mol. The number of aliphatic hydroxyl groups is 1. The zero-order chi connectivity index (χ0) is 16.0. The number of carbonyl (C=O) groups excluding carboxylic acids is 1. The predicted octanol–water partition coefficient (Wildman–Crippen LogP) is 1.83. The number of piperidine rings is 1. The van der Waals surface area contributed by atoms with Gasteiger partial charge in [-0.25, -0.2) is 4.79 Å². The van der Waals surface area contributed by atoms with Crippen molar-refractivity contribution < 1.29 is 9.90 Å². The number of urea groups is 1. The van der Waals surface area contributed by atoms with Crippen molar-refractivity contribution in [2.45, 2.75) is 52.2 Å². The van der Waals surface area contributed by atoms with Crippen molar-refractivity contribution in [3.8, 4) is 0 Å². The van der Waals surface area contributed by atoms with Gasteiger partial charge in [0.25, 0.3) is 0 Å². The number of hydrogen-bond donors (Lipinski definition) is 2. The molecule has 5 nitrogen and oxygen atoms in total. The van der Waals surface area contributed by atoms with E-state index in [4.69, 9.17) is 0 Å². The summed E-state index contributed by atoms with van der Waals surface area (Å²) in [5.41, 5.74) is 0.317. The van der Waals surface area contributed by atoms with Gasteiger partial charge in [0.1, 0.15) is 0 Å². The van der Waals surface area contributed by atoms with Gasteiger partial charge in [-0.15, -0.1) is 0 Å². The Morgan fingerprint density at radius 3 is 2.43 bits per heavy atom. The van der Waals surface area contributed by atoms with E-state index in [1.807, 2.05) is 13.8 Å². The van der Waals surface area contributed by atoms with Crippen molar-refractivity contribution in [1.82, 2.24) is 15.1 Å². The van der Waals surface area contributed by atoms with E-state index in [9.17, 15) is 9.90 Å². The van der Waals surface area contributed by atoms with E-state index in [0.717, 1.165) is 32.5 Å². The van der Waals surface area contributed by atoms with Gasteiger partial charge >= 0.3 is 6.03 Å². The molecule has 0 radical (unpaired) electrons. The standard InChI is InChI=1S/C16H31N3O2/c1-6-19(12-16(4,5)21)15(20)17-14-7-9-18(10-8-14)11-13(2)3/h14,21H,2,6-12H2,1,3-5H3,(H,17,20). The van der Waals surface area contributed by atoms with E-state index in [2.05, 4.69) is 16.8 Å². The van der Waals surface area contributed by atoms with Crippen LogP contribution in [0.25, 0.3) is 0 Å². The minimum atomic E-state index is -0.863. The lowest BCUT2D eigenvalue weighted by Gasteiger charge is -2.34. The molecule has 1 aliphatic rings. The highest BCUT2D eigenvalue weighted by Crippen LogP contribution is 2.12. The first-order chi connectivity index (χ1) is 9.71. The van der Waals surface area contributed by atoms with Gasteiger partial charge in [0, 0.05) is 32.2 Å². The third kappa shape index (κ3) is 6.96. The maximum Gasteiger partial charge on any atom is 0.317 e. The lowest BCUT2D eigenvalue weighted by Crippen LogP contribution is -2.52. The van der Waals surface area contributed by atoms with Gasteiger partial charge in [0.2, 0.25) is 0 Å². The molecule has 0 spiro atoms. The second-order valence-corrected chi connectivity index (χ2v) is 6.78. The van der Waals surface area contributed by atoms with Crippen LogP contribution in [0.2, 0.25) is 0 Å². The van der Waals surface area contributed by atoms with Gasteiger partial charge in [-0.05, 0) is 40.5 Å². The van der Waals surface area contributed by atoms with Gasteiger partial charge in [-0.1, -0.05) is 12.2 Å². The predicted molar refractivity (Wildman–Crippen MR) is 86.4 cm³/mol. The highest BCUT2D eigenvalue weighted by molar-refractivity contribution is 5.74. The molecule has 0 aromatic heterocycles. The molecule has 0 saturated carbocycles. The number of hydrogen-bond acceptors (Lipinski definition) is 3. The number of likely N-dealkylation sites (tertiary alicyclic amines) is 1. The minimum absolute atomic E-state index is 0.0713. The van der Waals surface area contributed by atoms with Crippen molar-refractivity contribution in [1.29, 1.82) is 0 Å². The van der Waals surface area contributed by atoms with E-state index in [1.165, 1.54) is 5.57 Å². The first-order valence-corrected chi connectivity index (χ1v) is 7.86. The van der Waals surface area contributed by atoms with Gasteiger partial charge in [0.15, 0.2) is 0 Å². The molecule has 1 rings (SSSR count). The van der Waals surface area contributed by atoms with Gasteiger partial charge in [0.05, 0.1) is 12.1 Å². The molecule has 0 aliphatic carbocycles. The van der Waals surface area contributed by atoms with E-state index in [1.54, 1.807) is 18.7 Å². The fourth-order valence-corrected chi connectivity index (χ4v) is 2.68. The van der Waals surface area contributed by atoms with Crippen LogP contribution in [0, 0.1) is 0 Å². The average Bonchev–Trinajstić information content (AvgIpc) is 2.36. The van der Waals surface area contributed by atoms with Gasteiger partial charge in [-0.2, -0.15) is 0 Å². The van der Waals surface area contributed by atoms with Crippen molar-refractivity contribution in [3.63, 3.8) is 0 Å². The fraction of sp³-hybridized carbons (Fsp3) is 0.812. The van der Waals surface area contributed by atoms with Crippen LogP contribution < -0.4 is 5.32 Å². The Hall–Kier alpha value is -1.07. The van der Waals surface area contributed by atoms with E-state index in [0.29, 0.717) is 13.1 Å². The van der Waals surface area contributed by atoms with Crippen LogP contribution in [0.15, 0.2) is 12.2 Å². The van der Waals surface area contributed by atoms with Crippen LogP contribution in [-0.4, -0.2) is 65.3 Å². The molecule has 1 aliphatic heterocycles. The van der Waals surface area contributed by atoms with Crippen LogP contribution in [0.3, 0.4) is 0 Å². The van der Waals surface area contributed by atoms with Crippen molar-refractivity contribution >= 4 is 6.03 Å². The second kappa shape index (κ2) is 7.80. The molecule has 21 heavy (non-hydrogen) atoms. The molecule has 1 saturated heterocycles. The van der Waals surface area contributed by atoms with Crippen molar-refractivity contribution in [2.75, 3.05) is 32.7 Å². The molecule has 5 heteroatoms. The molecule has 0 atom stereocenters. The lowest BCUT2D eigenvalue weighted by atomic mass is 10.0. The summed E-state index contributed by atoms with van der Waals surface area (Å²) >= 11 is 0. The van der Waals surface area contributed by atoms with Crippen LogP contribution in [0.4, 0.5) is 4.79 Å². The lowest BCUT2D eigenvalue weighted by molar-refractivity contribution is 0.0471. The number of amides is 2. The topological polar surface area (TPSA) is 55.8 Å². The Kier molecular flexibility index (Phi) is 6.68. The summed E-state index contributed by atoms with van der Waals surface area (Å²) in [6.07, 6.45) is 1.94. The van der Waals surface area contributed by atoms with E-state index < -0.39 is 5.60 Å². The van der Waals surface area contributed by atoms with Gasteiger partial charge < -0.3 is 15.3 Å². The maximum atomic E-state index is 12.3. The number of rotatable bonds is 6. The summed E-state index contributed by atoms with van der Waals surface area (Å²) in [5, 5.41) is 12.9. The summed E-state index contributed by atoms with van der Waals surface area (Å²) in [7, 11) is 0. The normalized spacial score (nSPS) is 17.6. The second-order valence-electron chi connectivity index (χ2n) is 6.78. The SMILES string of the molecule is C=C(C)CN1CCC(NC(=O)N(CC)CC(C)(C)O)CC1. The molecule has 0 aromatic carbocycles. The van der Waals surface area contributed by atoms with E-state index >= 15 is 0 Å². The Bertz CT molecular complexity index is 355. The summed E-state index contributed by atoms with van der Waals surface area (Å²) in [6.45, 7) is 15.3. The molecule has 0 aromatic rings. The molecule has 2 N–H and O–H groups in total. The Morgan fingerprint density at radius 2 is 2.00 bits per heavy atom. The Labute approximate surface area is 129 Å². The third-order valence-corrected chi connectivity index (χ3v) is 3.66.